The molecule has 0 aromatic heterocycles. The van der Waals surface area contributed by atoms with E-state index in [-0.39, 0.29) is 18.2 Å². The first kappa shape index (κ1) is 17.3. The van der Waals surface area contributed by atoms with Crippen molar-refractivity contribution in [1.82, 2.24) is 4.90 Å². The van der Waals surface area contributed by atoms with Gasteiger partial charge in [0.15, 0.2) is 0 Å². The minimum absolute atomic E-state index is 0.156. The number of benzene rings is 1. The lowest BCUT2D eigenvalue weighted by Gasteiger charge is -2.31. The first-order valence-electron chi connectivity index (χ1n) is 7.96. The number of esters is 1. The zero-order valence-electron chi connectivity index (χ0n) is 14.5. The minimum Gasteiger partial charge on any atom is -0.459 e. The van der Waals surface area contributed by atoms with E-state index in [0.717, 1.165) is 17.5 Å². The topological polar surface area (TPSA) is 55.8 Å². The molecule has 0 N–H and O–H groups in total. The molecule has 1 amide bonds. The van der Waals surface area contributed by atoms with Gasteiger partial charge in [0.1, 0.15) is 5.60 Å². The van der Waals surface area contributed by atoms with Crippen molar-refractivity contribution in [3.63, 3.8) is 0 Å². The molecule has 5 heteroatoms. The van der Waals surface area contributed by atoms with Gasteiger partial charge in [-0.3, -0.25) is 0 Å². The van der Waals surface area contributed by atoms with Gasteiger partial charge in [0, 0.05) is 13.1 Å². The normalized spacial score (nSPS) is 14.4. The van der Waals surface area contributed by atoms with E-state index in [1.54, 1.807) is 11.0 Å². The summed E-state index contributed by atoms with van der Waals surface area (Å²) < 4.78 is 10.6. The SMILES string of the molecule is CC(C)OC(=O)c1ccc2c(c1)CN(C(=O)OC(C)(C)C)CC2. The fraction of sp³-hybridized carbons (Fsp3) is 0.556. The van der Waals surface area contributed by atoms with Gasteiger partial charge >= 0.3 is 12.1 Å². The van der Waals surface area contributed by atoms with Crippen LogP contribution in [0.25, 0.3) is 0 Å². The highest BCUT2D eigenvalue weighted by atomic mass is 16.6. The maximum atomic E-state index is 12.2. The first-order valence-corrected chi connectivity index (χ1v) is 7.96. The van der Waals surface area contributed by atoms with Crippen molar-refractivity contribution in [2.45, 2.75) is 59.3 Å². The van der Waals surface area contributed by atoms with Crippen LogP contribution in [0.2, 0.25) is 0 Å². The Morgan fingerprint density at radius 1 is 1.17 bits per heavy atom. The summed E-state index contributed by atoms with van der Waals surface area (Å²) >= 11 is 0. The molecular formula is C18H25NO4. The molecule has 0 saturated carbocycles. The predicted octanol–water partition coefficient (Wildman–Crippen LogP) is 3.55. The molecule has 126 valence electrons. The number of amides is 1. The Balaban J connectivity index is 2.13. The van der Waals surface area contributed by atoms with Crippen LogP contribution < -0.4 is 0 Å². The Morgan fingerprint density at radius 2 is 1.87 bits per heavy atom. The molecular weight excluding hydrogens is 294 g/mol. The van der Waals surface area contributed by atoms with Crippen LogP contribution in [0.4, 0.5) is 4.79 Å². The highest BCUT2D eigenvalue weighted by Gasteiger charge is 2.26. The Labute approximate surface area is 137 Å². The molecule has 2 rings (SSSR count). The quantitative estimate of drug-likeness (QED) is 0.782. The molecule has 0 unspecified atom stereocenters. The summed E-state index contributed by atoms with van der Waals surface area (Å²) in [6.45, 7) is 10.3. The summed E-state index contributed by atoms with van der Waals surface area (Å²) in [5.74, 6) is -0.336. The second-order valence-corrected chi connectivity index (χ2v) is 7.09. The third-order valence-corrected chi connectivity index (χ3v) is 3.45. The third-order valence-electron chi connectivity index (χ3n) is 3.45. The van der Waals surface area contributed by atoms with Crippen LogP contribution in [0.3, 0.4) is 0 Å². The number of carbonyl (C=O) groups is 2. The Morgan fingerprint density at radius 3 is 2.48 bits per heavy atom. The van der Waals surface area contributed by atoms with Crippen molar-refractivity contribution in [2.24, 2.45) is 0 Å². The number of hydrogen-bond donors (Lipinski definition) is 0. The van der Waals surface area contributed by atoms with Crippen LogP contribution in [0, 0.1) is 0 Å². The van der Waals surface area contributed by atoms with Gasteiger partial charge in [-0.1, -0.05) is 6.07 Å². The molecule has 1 aromatic carbocycles. The molecule has 0 radical (unpaired) electrons. The van der Waals surface area contributed by atoms with Gasteiger partial charge in [0.2, 0.25) is 0 Å². The van der Waals surface area contributed by atoms with E-state index in [0.29, 0.717) is 18.7 Å². The molecule has 0 bridgehead atoms. The van der Waals surface area contributed by atoms with Crippen molar-refractivity contribution in [2.75, 3.05) is 6.54 Å². The van der Waals surface area contributed by atoms with Gasteiger partial charge < -0.3 is 14.4 Å². The fourth-order valence-electron chi connectivity index (χ4n) is 2.45. The fourth-order valence-corrected chi connectivity index (χ4v) is 2.45. The van der Waals surface area contributed by atoms with E-state index >= 15 is 0 Å². The van der Waals surface area contributed by atoms with Crippen LogP contribution in [-0.4, -0.2) is 35.2 Å². The van der Waals surface area contributed by atoms with Crippen LogP contribution in [-0.2, 0) is 22.4 Å². The zero-order chi connectivity index (χ0) is 17.2. The molecule has 0 aliphatic carbocycles. The molecule has 1 aliphatic rings. The standard InChI is InChI=1S/C18H25NO4/c1-12(2)22-16(20)14-7-6-13-8-9-19(11-15(13)10-14)17(21)23-18(3,4)5/h6-7,10,12H,8-9,11H2,1-5H3. The van der Waals surface area contributed by atoms with Crippen LogP contribution in [0.15, 0.2) is 18.2 Å². The molecule has 23 heavy (non-hydrogen) atoms. The number of ether oxygens (including phenoxy) is 2. The van der Waals surface area contributed by atoms with E-state index in [4.69, 9.17) is 9.47 Å². The zero-order valence-corrected chi connectivity index (χ0v) is 14.5. The number of carbonyl (C=O) groups excluding carboxylic acids is 2. The minimum atomic E-state index is -0.514. The summed E-state index contributed by atoms with van der Waals surface area (Å²) in [6, 6.07) is 5.54. The Hall–Kier alpha value is -2.04. The van der Waals surface area contributed by atoms with E-state index < -0.39 is 5.60 Å². The second kappa shape index (κ2) is 6.60. The molecule has 0 saturated heterocycles. The average Bonchev–Trinajstić information content (AvgIpc) is 2.43. The van der Waals surface area contributed by atoms with Gasteiger partial charge in [-0.25, -0.2) is 9.59 Å². The highest BCUT2D eigenvalue weighted by Crippen LogP contribution is 2.22. The van der Waals surface area contributed by atoms with E-state index in [9.17, 15) is 9.59 Å². The van der Waals surface area contributed by atoms with Crippen LogP contribution in [0.5, 0.6) is 0 Å². The lowest BCUT2D eigenvalue weighted by Crippen LogP contribution is -2.40. The molecule has 5 nitrogen and oxygen atoms in total. The largest absolute Gasteiger partial charge is 0.459 e. The molecule has 0 fully saturated rings. The van der Waals surface area contributed by atoms with Gasteiger partial charge in [-0.2, -0.15) is 0 Å². The summed E-state index contributed by atoms with van der Waals surface area (Å²) in [6.07, 6.45) is 0.281. The molecule has 0 spiro atoms. The number of rotatable bonds is 2. The number of nitrogens with zero attached hydrogens (tertiary/aromatic N) is 1. The first-order chi connectivity index (χ1) is 10.7. The molecule has 0 atom stereocenters. The lowest BCUT2D eigenvalue weighted by atomic mass is 9.97. The molecule has 1 aliphatic heterocycles. The van der Waals surface area contributed by atoms with Crippen LogP contribution in [0.1, 0.15) is 56.1 Å². The lowest BCUT2D eigenvalue weighted by molar-refractivity contribution is 0.0224. The molecule has 1 heterocycles. The van der Waals surface area contributed by atoms with E-state index in [1.165, 1.54) is 0 Å². The van der Waals surface area contributed by atoms with Crippen molar-refractivity contribution >= 4 is 12.1 Å². The number of hydrogen-bond acceptors (Lipinski definition) is 4. The summed E-state index contributed by atoms with van der Waals surface area (Å²) in [7, 11) is 0. The number of fused-ring (bicyclic) bond motifs is 1. The van der Waals surface area contributed by atoms with Gasteiger partial charge in [-0.15, -0.1) is 0 Å². The van der Waals surface area contributed by atoms with E-state index in [1.807, 2.05) is 46.8 Å². The average molecular weight is 319 g/mol. The summed E-state index contributed by atoms with van der Waals surface area (Å²) in [5, 5.41) is 0. The molecule has 1 aromatic rings. The maximum absolute atomic E-state index is 12.2. The van der Waals surface area contributed by atoms with Gasteiger partial charge in [-0.05, 0) is 64.3 Å². The summed E-state index contributed by atoms with van der Waals surface area (Å²) in [4.78, 5) is 25.9. The summed E-state index contributed by atoms with van der Waals surface area (Å²) in [5.41, 5.74) is 2.13. The van der Waals surface area contributed by atoms with Crippen molar-refractivity contribution < 1.29 is 19.1 Å². The second-order valence-electron chi connectivity index (χ2n) is 7.09. The Bertz CT molecular complexity index is 602. The highest BCUT2D eigenvalue weighted by molar-refractivity contribution is 5.89. The monoisotopic (exact) mass is 319 g/mol. The van der Waals surface area contributed by atoms with Crippen molar-refractivity contribution in [3.8, 4) is 0 Å². The van der Waals surface area contributed by atoms with Gasteiger partial charge in [0.25, 0.3) is 0 Å². The smallest absolute Gasteiger partial charge is 0.410 e. The van der Waals surface area contributed by atoms with E-state index in [2.05, 4.69) is 0 Å². The van der Waals surface area contributed by atoms with Gasteiger partial charge in [0.05, 0.1) is 11.7 Å². The van der Waals surface area contributed by atoms with Crippen molar-refractivity contribution in [3.05, 3.63) is 34.9 Å². The maximum Gasteiger partial charge on any atom is 0.410 e. The van der Waals surface area contributed by atoms with Crippen LogP contribution >= 0.6 is 0 Å². The van der Waals surface area contributed by atoms with Crippen molar-refractivity contribution in [1.29, 1.82) is 0 Å². The Kier molecular flexibility index (Phi) is 4.97. The predicted molar refractivity (Wildman–Crippen MR) is 87.3 cm³/mol. The third kappa shape index (κ3) is 4.71.